The minimum Gasteiger partial charge on any atom is -0.481 e. The van der Waals surface area contributed by atoms with Gasteiger partial charge in [0.05, 0.1) is 22.5 Å². The van der Waals surface area contributed by atoms with Crippen LogP contribution in [-0.2, 0) is 9.59 Å². The minimum atomic E-state index is -1.11. The molecule has 1 aliphatic rings. The second kappa shape index (κ2) is 4.97. The largest absolute Gasteiger partial charge is 0.481 e. The molecule has 0 bridgehead atoms. The lowest BCUT2D eigenvalue weighted by atomic mass is 10.1. The molecule has 8 nitrogen and oxygen atoms in total. The Balaban J connectivity index is 2.43. The van der Waals surface area contributed by atoms with Crippen molar-refractivity contribution in [2.45, 2.75) is 6.42 Å². The summed E-state index contributed by atoms with van der Waals surface area (Å²) in [6.45, 7) is -0.110. The van der Waals surface area contributed by atoms with E-state index in [0.29, 0.717) is 0 Å². The number of amides is 1. The first-order valence-electron chi connectivity index (χ1n) is 5.65. The fourth-order valence-electron chi connectivity index (χ4n) is 2.07. The molecule has 1 fully saturated rings. The van der Waals surface area contributed by atoms with Crippen molar-refractivity contribution in [1.29, 1.82) is 5.26 Å². The predicted octanol–water partition coefficient (Wildman–Crippen LogP) is 0.904. The van der Waals surface area contributed by atoms with Gasteiger partial charge in [-0.3, -0.25) is 19.7 Å². The molecule has 1 heterocycles. The van der Waals surface area contributed by atoms with Crippen LogP contribution in [0, 0.1) is 27.4 Å². The van der Waals surface area contributed by atoms with Crippen molar-refractivity contribution in [2.24, 2.45) is 5.92 Å². The van der Waals surface area contributed by atoms with E-state index in [9.17, 15) is 19.7 Å². The van der Waals surface area contributed by atoms with Gasteiger partial charge in [0.1, 0.15) is 5.69 Å². The molecule has 1 amide bonds. The van der Waals surface area contributed by atoms with Gasteiger partial charge in [-0.05, 0) is 12.1 Å². The van der Waals surface area contributed by atoms with E-state index < -0.39 is 22.7 Å². The molecule has 1 N–H and O–H groups in total. The van der Waals surface area contributed by atoms with Crippen molar-refractivity contribution in [3.63, 3.8) is 0 Å². The van der Waals surface area contributed by atoms with Crippen LogP contribution in [0.3, 0.4) is 0 Å². The van der Waals surface area contributed by atoms with Gasteiger partial charge < -0.3 is 10.0 Å². The van der Waals surface area contributed by atoms with Crippen LogP contribution in [0.2, 0.25) is 0 Å². The summed E-state index contributed by atoms with van der Waals surface area (Å²) < 4.78 is 0. The van der Waals surface area contributed by atoms with Crippen molar-refractivity contribution in [3.05, 3.63) is 33.9 Å². The molecule has 102 valence electrons. The SMILES string of the molecule is N#Cc1ccc(N2CC(C(=O)O)CC2=O)c([N+](=O)[O-])c1. The maximum atomic E-state index is 11.8. The normalized spacial score (nSPS) is 17.9. The summed E-state index contributed by atoms with van der Waals surface area (Å²) in [4.78, 5) is 34.1. The summed E-state index contributed by atoms with van der Waals surface area (Å²) in [5, 5.41) is 28.6. The smallest absolute Gasteiger partial charge is 0.308 e. The number of carboxylic acids is 1. The number of carbonyl (C=O) groups excluding carboxylic acids is 1. The van der Waals surface area contributed by atoms with Gasteiger partial charge in [-0.15, -0.1) is 0 Å². The van der Waals surface area contributed by atoms with Crippen molar-refractivity contribution < 1.29 is 19.6 Å². The molecule has 0 radical (unpaired) electrons. The summed E-state index contributed by atoms with van der Waals surface area (Å²) in [6.07, 6.45) is -0.188. The zero-order valence-electron chi connectivity index (χ0n) is 10.1. The molecule has 1 aliphatic heterocycles. The van der Waals surface area contributed by atoms with Crippen LogP contribution in [0.5, 0.6) is 0 Å². The van der Waals surface area contributed by atoms with Crippen molar-refractivity contribution in [2.75, 3.05) is 11.4 Å². The number of aliphatic carboxylic acids is 1. The number of rotatable bonds is 3. The number of nitriles is 1. The highest BCUT2D eigenvalue weighted by Gasteiger charge is 2.37. The third-order valence-electron chi connectivity index (χ3n) is 3.07. The monoisotopic (exact) mass is 275 g/mol. The molecule has 8 heteroatoms. The van der Waals surface area contributed by atoms with Gasteiger partial charge in [0, 0.05) is 19.0 Å². The first-order valence-corrected chi connectivity index (χ1v) is 5.65. The molecule has 1 unspecified atom stereocenters. The van der Waals surface area contributed by atoms with Crippen LogP contribution in [0.4, 0.5) is 11.4 Å². The molecule has 0 saturated carbocycles. The van der Waals surface area contributed by atoms with Gasteiger partial charge in [-0.2, -0.15) is 5.26 Å². The topological polar surface area (TPSA) is 125 Å². The Kier molecular flexibility index (Phi) is 3.35. The summed E-state index contributed by atoms with van der Waals surface area (Å²) >= 11 is 0. The second-order valence-electron chi connectivity index (χ2n) is 4.32. The minimum absolute atomic E-state index is 0.0164. The summed E-state index contributed by atoms with van der Waals surface area (Å²) in [5.41, 5.74) is -0.270. The fraction of sp³-hybridized carbons (Fsp3) is 0.250. The Morgan fingerprint density at radius 3 is 2.75 bits per heavy atom. The van der Waals surface area contributed by atoms with Crippen LogP contribution in [-0.4, -0.2) is 28.5 Å². The van der Waals surface area contributed by atoms with Crippen molar-refractivity contribution in [3.8, 4) is 6.07 Å². The standard InChI is InChI=1S/C12H9N3O5/c13-5-7-1-2-9(10(3-7)15(19)20)14-6-8(12(17)18)4-11(14)16/h1-3,8H,4,6H2,(H,17,18). The van der Waals surface area contributed by atoms with E-state index in [2.05, 4.69) is 0 Å². The van der Waals surface area contributed by atoms with Crippen molar-refractivity contribution in [1.82, 2.24) is 0 Å². The highest BCUT2D eigenvalue weighted by molar-refractivity contribution is 6.00. The Morgan fingerprint density at radius 2 is 2.25 bits per heavy atom. The zero-order chi connectivity index (χ0) is 14.9. The summed E-state index contributed by atoms with van der Waals surface area (Å²) in [5.74, 6) is -2.47. The number of carboxylic acid groups (broad SMARTS) is 1. The zero-order valence-corrected chi connectivity index (χ0v) is 10.1. The average Bonchev–Trinajstić information content (AvgIpc) is 2.80. The van der Waals surface area contributed by atoms with E-state index in [-0.39, 0.29) is 29.9 Å². The number of hydrogen-bond acceptors (Lipinski definition) is 5. The number of nitrogens with zero attached hydrogens (tertiary/aromatic N) is 3. The molecule has 1 atom stereocenters. The Labute approximate surface area is 113 Å². The molecule has 20 heavy (non-hydrogen) atoms. The van der Waals surface area contributed by atoms with E-state index in [0.717, 1.165) is 11.0 Å². The lowest BCUT2D eigenvalue weighted by Gasteiger charge is -2.16. The van der Waals surface area contributed by atoms with E-state index in [1.165, 1.54) is 12.1 Å². The Morgan fingerprint density at radius 1 is 1.55 bits per heavy atom. The molecule has 2 rings (SSSR count). The van der Waals surface area contributed by atoms with Gasteiger partial charge >= 0.3 is 5.97 Å². The van der Waals surface area contributed by atoms with Gasteiger partial charge in [0.2, 0.25) is 5.91 Å². The number of hydrogen-bond donors (Lipinski definition) is 1. The average molecular weight is 275 g/mol. The lowest BCUT2D eigenvalue weighted by Crippen LogP contribution is -2.26. The second-order valence-corrected chi connectivity index (χ2v) is 4.32. The van der Waals surface area contributed by atoms with Gasteiger partial charge in [-0.1, -0.05) is 0 Å². The number of nitro benzene ring substituents is 1. The number of carbonyl (C=O) groups is 2. The van der Waals surface area contributed by atoms with Gasteiger partial charge in [0.25, 0.3) is 5.69 Å². The molecule has 1 aromatic carbocycles. The van der Waals surface area contributed by atoms with E-state index in [4.69, 9.17) is 10.4 Å². The molecule has 0 spiro atoms. The third-order valence-corrected chi connectivity index (χ3v) is 3.07. The Bertz CT molecular complexity index is 649. The maximum absolute atomic E-state index is 11.8. The molecular weight excluding hydrogens is 266 g/mol. The van der Waals surface area contributed by atoms with Crippen LogP contribution < -0.4 is 4.90 Å². The van der Waals surface area contributed by atoms with Crippen LogP contribution in [0.25, 0.3) is 0 Å². The molecular formula is C12H9N3O5. The summed E-state index contributed by atoms with van der Waals surface area (Å²) in [6, 6.07) is 5.48. The van der Waals surface area contributed by atoms with Crippen LogP contribution in [0.1, 0.15) is 12.0 Å². The maximum Gasteiger partial charge on any atom is 0.308 e. The van der Waals surface area contributed by atoms with E-state index >= 15 is 0 Å². The first kappa shape index (κ1) is 13.5. The number of anilines is 1. The third kappa shape index (κ3) is 2.29. The highest BCUT2D eigenvalue weighted by Crippen LogP contribution is 2.33. The van der Waals surface area contributed by atoms with Crippen LogP contribution >= 0.6 is 0 Å². The first-order chi connectivity index (χ1) is 9.43. The molecule has 0 aliphatic carbocycles. The predicted molar refractivity (Wildman–Crippen MR) is 65.9 cm³/mol. The van der Waals surface area contributed by atoms with E-state index in [1.807, 2.05) is 0 Å². The summed E-state index contributed by atoms with van der Waals surface area (Å²) in [7, 11) is 0. The quantitative estimate of drug-likeness (QED) is 0.645. The molecule has 1 saturated heterocycles. The van der Waals surface area contributed by atoms with Gasteiger partial charge in [0.15, 0.2) is 0 Å². The molecule has 1 aromatic rings. The van der Waals surface area contributed by atoms with Gasteiger partial charge in [-0.25, -0.2) is 0 Å². The number of benzene rings is 1. The molecule has 0 aromatic heterocycles. The number of nitro groups is 1. The van der Waals surface area contributed by atoms with Crippen molar-refractivity contribution >= 4 is 23.3 Å². The fourth-order valence-corrected chi connectivity index (χ4v) is 2.07. The highest BCUT2D eigenvalue weighted by atomic mass is 16.6. The van der Waals surface area contributed by atoms with Crippen LogP contribution in [0.15, 0.2) is 18.2 Å². The lowest BCUT2D eigenvalue weighted by molar-refractivity contribution is -0.384. The Hall–Kier alpha value is -2.95. The van der Waals surface area contributed by atoms with E-state index in [1.54, 1.807) is 6.07 Å².